The van der Waals surface area contributed by atoms with Gasteiger partial charge in [0.15, 0.2) is 0 Å². The van der Waals surface area contributed by atoms with Crippen LogP contribution in [0.5, 0.6) is 0 Å². The predicted molar refractivity (Wildman–Crippen MR) is 72.1 cm³/mol. The van der Waals surface area contributed by atoms with Crippen LogP contribution in [0.25, 0.3) is 10.2 Å². The van der Waals surface area contributed by atoms with E-state index in [1.54, 1.807) is 23.9 Å². The Bertz CT molecular complexity index is 600. The molecular weight excluding hydrogens is 246 g/mol. The van der Waals surface area contributed by atoms with Crippen molar-refractivity contribution in [2.45, 2.75) is 12.5 Å². The zero-order valence-corrected chi connectivity index (χ0v) is 10.5. The molecule has 1 aromatic carbocycles. The van der Waals surface area contributed by atoms with E-state index in [0.717, 1.165) is 22.5 Å². The molecule has 0 spiro atoms. The summed E-state index contributed by atoms with van der Waals surface area (Å²) in [6.07, 6.45) is 4.12. The molecule has 1 atom stereocenters. The number of nitrogens with zero attached hydrogens (tertiary/aromatic N) is 1. The van der Waals surface area contributed by atoms with Crippen LogP contribution in [0.1, 0.15) is 16.6 Å². The maximum absolute atomic E-state index is 5.59. The lowest BCUT2D eigenvalue weighted by molar-refractivity contribution is 0.525. The van der Waals surface area contributed by atoms with Gasteiger partial charge >= 0.3 is 0 Å². The van der Waals surface area contributed by atoms with Crippen molar-refractivity contribution in [1.82, 2.24) is 10.4 Å². The standard InChI is InChI=1S/C13H13N3OS/c14-16-11(9-5-6-17-8-9)7-13-15-10-3-1-2-4-12(10)18-13/h1-6,8,11,16H,7,14H2. The Morgan fingerprint density at radius 3 is 2.94 bits per heavy atom. The Kier molecular flexibility index (Phi) is 3.10. The van der Waals surface area contributed by atoms with Crippen molar-refractivity contribution in [1.29, 1.82) is 0 Å². The van der Waals surface area contributed by atoms with E-state index in [1.807, 2.05) is 24.3 Å². The normalized spacial score (nSPS) is 12.9. The van der Waals surface area contributed by atoms with E-state index in [2.05, 4.69) is 16.5 Å². The average molecular weight is 259 g/mol. The number of fused-ring (bicyclic) bond motifs is 1. The third-order valence-electron chi connectivity index (χ3n) is 2.86. The summed E-state index contributed by atoms with van der Waals surface area (Å²) < 4.78 is 6.29. The van der Waals surface area contributed by atoms with Crippen molar-refractivity contribution < 1.29 is 4.42 Å². The first-order valence-corrected chi connectivity index (χ1v) is 6.51. The summed E-state index contributed by atoms with van der Waals surface area (Å²) in [5.41, 5.74) is 4.88. The van der Waals surface area contributed by atoms with E-state index >= 15 is 0 Å². The van der Waals surface area contributed by atoms with Crippen molar-refractivity contribution in [3.05, 3.63) is 53.4 Å². The van der Waals surface area contributed by atoms with Crippen LogP contribution in [0.3, 0.4) is 0 Å². The highest BCUT2D eigenvalue weighted by molar-refractivity contribution is 7.18. The van der Waals surface area contributed by atoms with Gasteiger partial charge in [-0.25, -0.2) is 4.98 Å². The summed E-state index contributed by atoms with van der Waals surface area (Å²) >= 11 is 1.70. The van der Waals surface area contributed by atoms with Crippen LogP contribution in [0.4, 0.5) is 0 Å². The molecule has 0 saturated carbocycles. The van der Waals surface area contributed by atoms with Crippen molar-refractivity contribution in [2.75, 3.05) is 0 Å². The highest BCUT2D eigenvalue weighted by Gasteiger charge is 2.14. The van der Waals surface area contributed by atoms with Crippen LogP contribution in [0.2, 0.25) is 0 Å². The Hall–Kier alpha value is -1.69. The number of hydrazine groups is 1. The summed E-state index contributed by atoms with van der Waals surface area (Å²) in [5.74, 6) is 5.59. The highest BCUT2D eigenvalue weighted by atomic mass is 32.1. The molecule has 4 nitrogen and oxygen atoms in total. The minimum atomic E-state index is 0.0318. The number of para-hydroxylation sites is 1. The molecule has 2 heterocycles. The zero-order valence-electron chi connectivity index (χ0n) is 9.67. The van der Waals surface area contributed by atoms with Gasteiger partial charge in [0, 0.05) is 12.0 Å². The number of aromatic nitrogens is 1. The molecule has 0 amide bonds. The molecule has 0 aliphatic carbocycles. The van der Waals surface area contributed by atoms with Gasteiger partial charge in [-0.3, -0.25) is 11.3 Å². The Labute approximate surface area is 108 Å². The minimum absolute atomic E-state index is 0.0318. The lowest BCUT2D eigenvalue weighted by atomic mass is 10.1. The van der Waals surface area contributed by atoms with Crippen molar-refractivity contribution >= 4 is 21.6 Å². The van der Waals surface area contributed by atoms with Gasteiger partial charge in [0.1, 0.15) is 0 Å². The van der Waals surface area contributed by atoms with Gasteiger partial charge in [0.2, 0.25) is 0 Å². The monoisotopic (exact) mass is 259 g/mol. The van der Waals surface area contributed by atoms with Crippen LogP contribution in [-0.4, -0.2) is 4.98 Å². The van der Waals surface area contributed by atoms with Gasteiger partial charge in [-0.2, -0.15) is 0 Å². The van der Waals surface area contributed by atoms with Gasteiger partial charge in [0.25, 0.3) is 0 Å². The van der Waals surface area contributed by atoms with Gasteiger partial charge < -0.3 is 4.42 Å². The zero-order chi connectivity index (χ0) is 12.4. The molecule has 1 unspecified atom stereocenters. The third kappa shape index (κ3) is 2.15. The van der Waals surface area contributed by atoms with Crippen LogP contribution in [0.15, 0.2) is 47.3 Å². The number of thiazole rings is 1. The molecule has 0 aliphatic rings. The molecule has 0 saturated heterocycles. The second-order valence-electron chi connectivity index (χ2n) is 4.06. The third-order valence-corrected chi connectivity index (χ3v) is 3.92. The average Bonchev–Trinajstić information content (AvgIpc) is 3.04. The second-order valence-corrected chi connectivity index (χ2v) is 5.17. The maximum Gasteiger partial charge on any atom is 0.0958 e. The number of nitrogens with two attached hydrogens (primary N) is 1. The van der Waals surface area contributed by atoms with Crippen molar-refractivity contribution in [3.8, 4) is 0 Å². The summed E-state index contributed by atoms with van der Waals surface area (Å²) in [4.78, 5) is 4.60. The van der Waals surface area contributed by atoms with E-state index in [4.69, 9.17) is 10.3 Å². The molecule has 3 aromatic rings. The van der Waals surface area contributed by atoms with Crippen molar-refractivity contribution in [2.24, 2.45) is 5.84 Å². The molecule has 3 N–H and O–H groups in total. The number of benzene rings is 1. The quantitative estimate of drug-likeness (QED) is 0.558. The molecule has 92 valence electrons. The van der Waals surface area contributed by atoms with E-state index in [9.17, 15) is 0 Å². The van der Waals surface area contributed by atoms with E-state index < -0.39 is 0 Å². The SMILES string of the molecule is NNC(Cc1nc2ccccc2s1)c1ccoc1. The number of hydrogen-bond acceptors (Lipinski definition) is 5. The first-order chi connectivity index (χ1) is 8.86. The van der Waals surface area contributed by atoms with Crippen LogP contribution in [0, 0.1) is 0 Å². The van der Waals surface area contributed by atoms with E-state index in [-0.39, 0.29) is 6.04 Å². The number of rotatable bonds is 4. The maximum atomic E-state index is 5.59. The fourth-order valence-electron chi connectivity index (χ4n) is 1.93. The first-order valence-electron chi connectivity index (χ1n) is 5.69. The second kappa shape index (κ2) is 4.89. The van der Waals surface area contributed by atoms with Gasteiger partial charge in [0.05, 0.1) is 33.8 Å². The fourth-order valence-corrected chi connectivity index (χ4v) is 2.94. The van der Waals surface area contributed by atoms with Crippen LogP contribution < -0.4 is 11.3 Å². The van der Waals surface area contributed by atoms with E-state index in [1.165, 1.54) is 4.70 Å². The fraction of sp³-hybridized carbons (Fsp3) is 0.154. The summed E-state index contributed by atoms with van der Waals surface area (Å²) in [5, 5.41) is 1.07. The Balaban J connectivity index is 1.86. The van der Waals surface area contributed by atoms with Gasteiger partial charge in [-0.15, -0.1) is 11.3 Å². The molecule has 2 aromatic heterocycles. The molecular formula is C13H13N3OS. The largest absolute Gasteiger partial charge is 0.472 e. The Morgan fingerprint density at radius 1 is 1.33 bits per heavy atom. The number of furan rings is 1. The molecule has 18 heavy (non-hydrogen) atoms. The molecule has 0 fully saturated rings. The predicted octanol–water partition coefficient (Wildman–Crippen LogP) is 2.64. The first kappa shape index (κ1) is 11.4. The molecule has 0 radical (unpaired) electrons. The molecule has 5 heteroatoms. The van der Waals surface area contributed by atoms with Crippen molar-refractivity contribution in [3.63, 3.8) is 0 Å². The van der Waals surface area contributed by atoms with Gasteiger partial charge in [-0.1, -0.05) is 12.1 Å². The highest BCUT2D eigenvalue weighted by Crippen LogP contribution is 2.25. The summed E-state index contributed by atoms with van der Waals surface area (Å²) in [6.45, 7) is 0. The number of nitrogens with one attached hydrogen (secondary N) is 1. The van der Waals surface area contributed by atoms with Crippen LogP contribution >= 0.6 is 11.3 Å². The van der Waals surface area contributed by atoms with E-state index in [0.29, 0.717) is 0 Å². The lowest BCUT2D eigenvalue weighted by Gasteiger charge is -2.11. The van der Waals surface area contributed by atoms with Crippen LogP contribution in [-0.2, 0) is 6.42 Å². The topological polar surface area (TPSA) is 64.1 Å². The molecule has 0 bridgehead atoms. The summed E-state index contributed by atoms with van der Waals surface area (Å²) in [7, 11) is 0. The molecule has 0 aliphatic heterocycles. The smallest absolute Gasteiger partial charge is 0.0958 e. The summed E-state index contributed by atoms with van der Waals surface area (Å²) in [6, 6.07) is 10.1. The Morgan fingerprint density at radius 2 is 2.22 bits per heavy atom. The minimum Gasteiger partial charge on any atom is -0.472 e. The lowest BCUT2D eigenvalue weighted by Crippen LogP contribution is -2.29. The molecule has 3 rings (SSSR count). The van der Waals surface area contributed by atoms with Gasteiger partial charge in [-0.05, 0) is 18.2 Å². The number of hydrogen-bond donors (Lipinski definition) is 2.